The molecule has 1 aromatic heterocycles. The largest absolute Gasteiger partial charge is 0.497 e. The van der Waals surface area contributed by atoms with E-state index in [9.17, 15) is 18.4 Å². The number of carbonyl (C=O) groups is 2. The van der Waals surface area contributed by atoms with Gasteiger partial charge in [0.25, 0.3) is 5.89 Å². The van der Waals surface area contributed by atoms with Gasteiger partial charge in [-0.1, -0.05) is 5.16 Å². The maximum atomic E-state index is 14.2. The first kappa shape index (κ1) is 27.0. The van der Waals surface area contributed by atoms with Crippen molar-refractivity contribution < 1.29 is 41.8 Å². The first-order valence-electron chi connectivity index (χ1n) is 12.0. The molecule has 0 bridgehead atoms. The Morgan fingerprint density at radius 3 is 1.51 bits per heavy atom. The molecule has 0 radical (unpaired) electrons. The average Bonchev–Trinajstić information content (AvgIpc) is 3.48. The minimum Gasteiger partial charge on any atom is -0.497 e. The van der Waals surface area contributed by atoms with Gasteiger partial charge in [-0.25, -0.2) is 18.4 Å². The number of hydrogen-bond acceptors (Lipinski definition) is 9. The summed E-state index contributed by atoms with van der Waals surface area (Å²) in [6.45, 7) is 0. The molecule has 0 fully saturated rings. The van der Waals surface area contributed by atoms with Crippen LogP contribution >= 0.6 is 0 Å². The van der Waals surface area contributed by atoms with Crippen LogP contribution in [0.5, 0.6) is 23.0 Å². The summed E-state index contributed by atoms with van der Waals surface area (Å²) in [5.74, 6) is -1.83. The lowest BCUT2D eigenvalue weighted by atomic mass is 10.2. The fraction of sp³-hybridized carbons (Fsp3) is 0.0667. The molecular formula is C30H20F2N2O7. The van der Waals surface area contributed by atoms with E-state index in [0.717, 1.165) is 12.1 Å². The van der Waals surface area contributed by atoms with Crippen molar-refractivity contribution in [2.75, 3.05) is 14.2 Å². The van der Waals surface area contributed by atoms with Gasteiger partial charge in [0.05, 0.1) is 25.3 Å². The first-order chi connectivity index (χ1) is 19.8. The van der Waals surface area contributed by atoms with Crippen LogP contribution in [0.1, 0.15) is 20.7 Å². The van der Waals surface area contributed by atoms with E-state index >= 15 is 0 Å². The summed E-state index contributed by atoms with van der Waals surface area (Å²) in [4.78, 5) is 29.1. The van der Waals surface area contributed by atoms with Crippen LogP contribution in [0.25, 0.3) is 22.8 Å². The van der Waals surface area contributed by atoms with E-state index in [1.807, 2.05) is 0 Å². The van der Waals surface area contributed by atoms with Crippen molar-refractivity contribution >= 4 is 11.9 Å². The molecule has 0 atom stereocenters. The number of aromatic nitrogens is 2. The summed E-state index contributed by atoms with van der Waals surface area (Å²) in [5.41, 5.74) is 0.658. The molecule has 11 heteroatoms. The van der Waals surface area contributed by atoms with Crippen molar-refractivity contribution in [3.63, 3.8) is 0 Å². The van der Waals surface area contributed by atoms with Gasteiger partial charge < -0.3 is 23.5 Å². The molecule has 5 rings (SSSR count). The number of methoxy groups -OCH3 is 2. The Kier molecular flexibility index (Phi) is 7.68. The number of ether oxygens (including phenoxy) is 4. The second-order valence-electron chi connectivity index (χ2n) is 8.44. The second-order valence-corrected chi connectivity index (χ2v) is 8.44. The predicted octanol–water partition coefficient (Wildman–Crippen LogP) is 6.14. The second kappa shape index (κ2) is 11.7. The number of benzene rings is 4. The maximum absolute atomic E-state index is 14.2. The van der Waals surface area contributed by atoms with Gasteiger partial charge in [-0.15, -0.1) is 0 Å². The molecule has 4 aromatic carbocycles. The Labute approximate surface area is 231 Å². The van der Waals surface area contributed by atoms with Crippen molar-refractivity contribution in [3.05, 3.63) is 108 Å². The van der Waals surface area contributed by atoms with Crippen LogP contribution in [0, 0.1) is 11.6 Å². The molecule has 41 heavy (non-hydrogen) atoms. The highest BCUT2D eigenvalue weighted by molar-refractivity contribution is 5.92. The summed E-state index contributed by atoms with van der Waals surface area (Å²) >= 11 is 0. The average molecular weight is 558 g/mol. The number of rotatable bonds is 8. The number of esters is 2. The highest BCUT2D eigenvalue weighted by atomic mass is 19.1. The van der Waals surface area contributed by atoms with Gasteiger partial charge in [-0.2, -0.15) is 4.98 Å². The highest BCUT2D eigenvalue weighted by Crippen LogP contribution is 2.27. The molecule has 9 nitrogen and oxygen atoms in total. The molecule has 0 spiro atoms. The van der Waals surface area contributed by atoms with E-state index in [2.05, 4.69) is 10.1 Å². The third kappa shape index (κ3) is 6.04. The molecule has 0 aliphatic rings. The smallest absolute Gasteiger partial charge is 0.346 e. The molecule has 0 saturated heterocycles. The monoisotopic (exact) mass is 558 g/mol. The Bertz CT molecular complexity index is 1590. The molecular weight excluding hydrogens is 538 g/mol. The van der Waals surface area contributed by atoms with Crippen LogP contribution in [0.15, 0.2) is 89.5 Å². The van der Waals surface area contributed by atoms with Crippen molar-refractivity contribution in [2.24, 2.45) is 0 Å². The number of halogens is 2. The van der Waals surface area contributed by atoms with Gasteiger partial charge in [0.1, 0.15) is 34.6 Å². The van der Waals surface area contributed by atoms with Crippen molar-refractivity contribution in [2.45, 2.75) is 0 Å². The van der Waals surface area contributed by atoms with E-state index in [1.54, 1.807) is 24.3 Å². The molecule has 0 aliphatic heterocycles. The normalized spacial score (nSPS) is 10.6. The standard InChI is InChI=1S/C30H20F2N2O7/c1-37-21-11-13-23(25(31)15-21)29(35)39-19-7-3-17(4-8-19)27-33-28(41-34-27)18-5-9-20(10-6-18)40-30(36)24-14-12-22(38-2)16-26(24)32/h3-16H,1-2H3. The van der Waals surface area contributed by atoms with E-state index in [1.165, 1.54) is 62.8 Å². The van der Waals surface area contributed by atoms with Gasteiger partial charge in [0.15, 0.2) is 0 Å². The summed E-state index contributed by atoms with van der Waals surface area (Å²) in [5, 5.41) is 3.97. The van der Waals surface area contributed by atoms with Gasteiger partial charge in [0, 0.05) is 23.3 Å². The molecule has 0 saturated carbocycles. The Morgan fingerprint density at radius 1 is 0.634 bits per heavy atom. The Hall–Kier alpha value is -5.58. The van der Waals surface area contributed by atoms with E-state index < -0.39 is 23.6 Å². The van der Waals surface area contributed by atoms with Crippen LogP contribution in [-0.4, -0.2) is 36.3 Å². The van der Waals surface area contributed by atoms with Gasteiger partial charge in [-0.05, 0) is 72.8 Å². The molecule has 0 aliphatic carbocycles. The molecule has 206 valence electrons. The summed E-state index contributed by atoms with van der Waals surface area (Å²) in [6.07, 6.45) is 0. The van der Waals surface area contributed by atoms with Crippen LogP contribution < -0.4 is 18.9 Å². The predicted molar refractivity (Wildman–Crippen MR) is 141 cm³/mol. The van der Waals surface area contributed by atoms with Crippen LogP contribution in [0.2, 0.25) is 0 Å². The Morgan fingerprint density at radius 2 is 1.07 bits per heavy atom. The van der Waals surface area contributed by atoms with E-state index in [0.29, 0.717) is 11.1 Å². The van der Waals surface area contributed by atoms with Gasteiger partial charge in [0.2, 0.25) is 5.82 Å². The molecule has 0 amide bonds. The molecule has 0 unspecified atom stereocenters. The minimum atomic E-state index is -0.860. The summed E-state index contributed by atoms with van der Waals surface area (Å²) < 4.78 is 54.0. The minimum absolute atomic E-state index is 0.188. The zero-order chi connectivity index (χ0) is 28.9. The third-order valence-corrected chi connectivity index (χ3v) is 5.85. The van der Waals surface area contributed by atoms with Crippen molar-refractivity contribution in [3.8, 4) is 45.8 Å². The van der Waals surface area contributed by atoms with Gasteiger partial charge >= 0.3 is 11.9 Å². The SMILES string of the molecule is COc1ccc(C(=O)Oc2ccc(-c3noc(-c4ccc(OC(=O)c5ccc(OC)cc5F)cc4)n3)cc2)c(F)c1. The molecule has 5 aromatic rings. The van der Waals surface area contributed by atoms with Crippen LogP contribution in [0.3, 0.4) is 0 Å². The fourth-order valence-electron chi connectivity index (χ4n) is 3.70. The zero-order valence-corrected chi connectivity index (χ0v) is 21.6. The molecule has 1 heterocycles. The summed E-state index contributed by atoms with van der Waals surface area (Å²) in [7, 11) is 2.79. The first-order valence-corrected chi connectivity index (χ1v) is 12.0. The van der Waals surface area contributed by atoms with Crippen molar-refractivity contribution in [1.82, 2.24) is 10.1 Å². The lowest BCUT2D eigenvalue weighted by molar-refractivity contribution is 0.0720. The lowest BCUT2D eigenvalue weighted by Crippen LogP contribution is -2.10. The van der Waals surface area contributed by atoms with Crippen LogP contribution in [-0.2, 0) is 0 Å². The number of carbonyl (C=O) groups excluding carboxylic acids is 2. The number of hydrogen-bond donors (Lipinski definition) is 0. The fourth-order valence-corrected chi connectivity index (χ4v) is 3.70. The third-order valence-electron chi connectivity index (χ3n) is 5.85. The number of nitrogens with zero attached hydrogens (tertiary/aromatic N) is 2. The molecule has 0 N–H and O–H groups in total. The Balaban J connectivity index is 1.23. The van der Waals surface area contributed by atoms with Crippen LogP contribution in [0.4, 0.5) is 8.78 Å². The topological polar surface area (TPSA) is 110 Å². The van der Waals surface area contributed by atoms with Crippen molar-refractivity contribution in [1.29, 1.82) is 0 Å². The lowest BCUT2D eigenvalue weighted by Gasteiger charge is -2.07. The summed E-state index contributed by atoms with van der Waals surface area (Å²) in [6, 6.07) is 20.1. The van der Waals surface area contributed by atoms with E-state index in [4.69, 9.17) is 23.5 Å². The quantitative estimate of drug-likeness (QED) is 0.164. The highest BCUT2D eigenvalue weighted by Gasteiger charge is 2.17. The van der Waals surface area contributed by atoms with E-state index in [-0.39, 0.29) is 45.8 Å². The van der Waals surface area contributed by atoms with Gasteiger partial charge in [-0.3, -0.25) is 0 Å². The zero-order valence-electron chi connectivity index (χ0n) is 21.6. The maximum Gasteiger partial charge on any atom is 0.346 e.